The van der Waals surface area contributed by atoms with Crippen LogP contribution in [0.4, 0.5) is 0 Å². The van der Waals surface area contributed by atoms with E-state index in [1.165, 1.54) is 12.2 Å². The topological polar surface area (TPSA) is 20.3 Å². The SMILES string of the molecule is CCC1CN(C(C)CC(C)=O)CCS1. The van der Waals surface area contributed by atoms with Gasteiger partial charge in [-0.2, -0.15) is 11.8 Å². The van der Waals surface area contributed by atoms with E-state index < -0.39 is 0 Å². The predicted molar refractivity (Wildman–Crippen MR) is 62.9 cm³/mol. The molecule has 0 N–H and O–H groups in total. The first-order valence-corrected chi connectivity index (χ1v) is 6.53. The second kappa shape index (κ2) is 5.76. The van der Waals surface area contributed by atoms with E-state index in [1.807, 2.05) is 0 Å². The Labute approximate surface area is 91.4 Å². The minimum Gasteiger partial charge on any atom is -0.300 e. The lowest BCUT2D eigenvalue weighted by molar-refractivity contribution is -0.118. The van der Waals surface area contributed by atoms with E-state index in [0.717, 1.165) is 18.3 Å². The number of carbonyl (C=O) groups excluding carboxylic acids is 1. The van der Waals surface area contributed by atoms with Gasteiger partial charge in [0.15, 0.2) is 0 Å². The molecule has 14 heavy (non-hydrogen) atoms. The van der Waals surface area contributed by atoms with Crippen molar-refractivity contribution >= 4 is 17.5 Å². The van der Waals surface area contributed by atoms with Crippen LogP contribution in [-0.2, 0) is 4.79 Å². The minimum absolute atomic E-state index is 0.309. The van der Waals surface area contributed by atoms with Gasteiger partial charge in [-0.1, -0.05) is 6.92 Å². The van der Waals surface area contributed by atoms with Gasteiger partial charge >= 0.3 is 0 Å². The van der Waals surface area contributed by atoms with Crippen LogP contribution in [0.15, 0.2) is 0 Å². The van der Waals surface area contributed by atoms with Gasteiger partial charge in [-0.15, -0.1) is 0 Å². The number of nitrogens with zero attached hydrogens (tertiary/aromatic N) is 1. The molecule has 1 rings (SSSR count). The van der Waals surface area contributed by atoms with E-state index in [9.17, 15) is 4.79 Å². The molecule has 1 aliphatic heterocycles. The van der Waals surface area contributed by atoms with Crippen molar-refractivity contribution in [1.29, 1.82) is 0 Å². The van der Waals surface area contributed by atoms with Gasteiger partial charge in [0.2, 0.25) is 0 Å². The maximum atomic E-state index is 11.0. The molecular formula is C11H21NOS. The van der Waals surface area contributed by atoms with E-state index >= 15 is 0 Å². The standard InChI is InChI=1S/C11H21NOS/c1-4-11-8-12(5-6-14-11)9(2)7-10(3)13/h9,11H,4-8H2,1-3H3. The Morgan fingerprint density at radius 2 is 2.36 bits per heavy atom. The van der Waals surface area contributed by atoms with Crippen molar-refractivity contribution in [1.82, 2.24) is 4.90 Å². The lowest BCUT2D eigenvalue weighted by Crippen LogP contribution is -2.43. The third-order valence-electron chi connectivity index (χ3n) is 2.83. The van der Waals surface area contributed by atoms with Crippen molar-refractivity contribution in [2.75, 3.05) is 18.8 Å². The molecule has 82 valence electrons. The van der Waals surface area contributed by atoms with E-state index in [0.29, 0.717) is 18.2 Å². The van der Waals surface area contributed by atoms with Crippen LogP contribution < -0.4 is 0 Å². The second-order valence-electron chi connectivity index (χ2n) is 4.15. The summed E-state index contributed by atoms with van der Waals surface area (Å²) in [5.41, 5.74) is 0. The molecule has 2 unspecified atom stereocenters. The molecule has 2 atom stereocenters. The molecule has 0 aromatic heterocycles. The fourth-order valence-electron chi connectivity index (χ4n) is 1.93. The largest absolute Gasteiger partial charge is 0.300 e. The predicted octanol–water partition coefficient (Wildman–Crippen LogP) is 2.18. The number of hydrogen-bond acceptors (Lipinski definition) is 3. The Morgan fingerprint density at radius 1 is 1.64 bits per heavy atom. The second-order valence-corrected chi connectivity index (χ2v) is 5.56. The molecule has 0 spiro atoms. The van der Waals surface area contributed by atoms with Crippen molar-refractivity contribution in [3.8, 4) is 0 Å². The average Bonchev–Trinajstić information content (AvgIpc) is 2.17. The first kappa shape index (κ1) is 12.1. The summed E-state index contributed by atoms with van der Waals surface area (Å²) >= 11 is 2.08. The van der Waals surface area contributed by atoms with E-state index in [2.05, 4.69) is 30.5 Å². The molecule has 0 saturated carbocycles. The van der Waals surface area contributed by atoms with Gasteiger partial charge in [0.05, 0.1) is 0 Å². The molecule has 0 radical (unpaired) electrons. The van der Waals surface area contributed by atoms with Crippen LogP contribution in [0.25, 0.3) is 0 Å². The van der Waals surface area contributed by atoms with Gasteiger partial charge in [-0.05, 0) is 20.3 Å². The molecule has 2 nitrogen and oxygen atoms in total. The zero-order chi connectivity index (χ0) is 10.6. The van der Waals surface area contributed by atoms with Crippen molar-refractivity contribution in [3.63, 3.8) is 0 Å². The third-order valence-corrected chi connectivity index (χ3v) is 4.20. The van der Waals surface area contributed by atoms with Crippen LogP contribution in [0.5, 0.6) is 0 Å². The number of carbonyl (C=O) groups is 1. The van der Waals surface area contributed by atoms with Crippen molar-refractivity contribution < 1.29 is 4.79 Å². The molecule has 1 saturated heterocycles. The lowest BCUT2D eigenvalue weighted by Gasteiger charge is -2.35. The molecule has 0 bridgehead atoms. The Morgan fingerprint density at radius 3 is 2.93 bits per heavy atom. The molecule has 0 amide bonds. The van der Waals surface area contributed by atoms with Gasteiger partial charge < -0.3 is 0 Å². The zero-order valence-corrected chi connectivity index (χ0v) is 10.3. The molecule has 1 heterocycles. The van der Waals surface area contributed by atoms with E-state index in [4.69, 9.17) is 0 Å². The number of Topliss-reactive ketones (excluding diaryl/α,β-unsaturated/α-hetero) is 1. The third kappa shape index (κ3) is 3.62. The Balaban J connectivity index is 2.38. The molecule has 0 aromatic rings. The highest BCUT2D eigenvalue weighted by Gasteiger charge is 2.23. The zero-order valence-electron chi connectivity index (χ0n) is 9.45. The Hall–Kier alpha value is -0.0200. The van der Waals surface area contributed by atoms with E-state index in [1.54, 1.807) is 6.92 Å². The average molecular weight is 215 g/mol. The van der Waals surface area contributed by atoms with Crippen LogP contribution >= 0.6 is 11.8 Å². The fraction of sp³-hybridized carbons (Fsp3) is 0.909. The molecular weight excluding hydrogens is 194 g/mol. The monoisotopic (exact) mass is 215 g/mol. The Bertz CT molecular complexity index is 196. The maximum absolute atomic E-state index is 11.0. The summed E-state index contributed by atoms with van der Waals surface area (Å²) in [6, 6.07) is 0.433. The first-order valence-electron chi connectivity index (χ1n) is 5.48. The smallest absolute Gasteiger partial charge is 0.131 e. The number of thioether (sulfide) groups is 1. The van der Waals surface area contributed by atoms with Crippen LogP contribution in [0.1, 0.15) is 33.6 Å². The van der Waals surface area contributed by atoms with E-state index in [-0.39, 0.29) is 0 Å². The number of rotatable bonds is 4. The molecule has 3 heteroatoms. The summed E-state index contributed by atoms with van der Waals surface area (Å²) in [7, 11) is 0. The summed E-state index contributed by atoms with van der Waals surface area (Å²) in [6.45, 7) is 8.42. The number of ketones is 1. The number of hydrogen-bond donors (Lipinski definition) is 0. The normalized spacial score (nSPS) is 26.1. The van der Waals surface area contributed by atoms with Gasteiger partial charge in [0.25, 0.3) is 0 Å². The van der Waals surface area contributed by atoms with Gasteiger partial charge in [-0.25, -0.2) is 0 Å². The highest BCUT2D eigenvalue weighted by Crippen LogP contribution is 2.23. The van der Waals surface area contributed by atoms with Crippen LogP contribution in [0.3, 0.4) is 0 Å². The van der Waals surface area contributed by atoms with Crippen molar-refractivity contribution in [2.24, 2.45) is 0 Å². The van der Waals surface area contributed by atoms with Crippen LogP contribution in [-0.4, -0.2) is 40.8 Å². The van der Waals surface area contributed by atoms with Crippen molar-refractivity contribution in [2.45, 2.75) is 44.9 Å². The molecule has 1 fully saturated rings. The summed E-state index contributed by atoms with van der Waals surface area (Å²) in [4.78, 5) is 13.5. The van der Waals surface area contributed by atoms with Gasteiger partial charge in [-0.3, -0.25) is 9.69 Å². The highest BCUT2D eigenvalue weighted by molar-refractivity contribution is 8.00. The quantitative estimate of drug-likeness (QED) is 0.717. The Kier molecular flexibility index (Phi) is 4.96. The highest BCUT2D eigenvalue weighted by atomic mass is 32.2. The minimum atomic E-state index is 0.309. The van der Waals surface area contributed by atoms with Crippen molar-refractivity contribution in [3.05, 3.63) is 0 Å². The fourth-order valence-corrected chi connectivity index (χ4v) is 3.14. The summed E-state index contributed by atoms with van der Waals surface area (Å²) in [6.07, 6.45) is 1.95. The molecule has 0 aliphatic carbocycles. The maximum Gasteiger partial charge on any atom is 0.131 e. The lowest BCUT2D eigenvalue weighted by atomic mass is 10.1. The summed E-state index contributed by atoms with van der Waals surface area (Å²) in [5, 5.41) is 0.776. The molecule has 0 aromatic carbocycles. The summed E-state index contributed by atoms with van der Waals surface area (Å²) < 4.78 is 0. The first-order chi connectivity index (χ1) is 6.63. The van der Waals surface area contributed by atoms with Gasteiger partial charge in [0, 0.05) is 36.6 Å². The van der Waals surface area contributed by atoms with Crippen LogP contribution in [0.2, 0.25) is 0 Å². The van der Waals surface area contributed by atoms with Gasteiger partial charge in [0.1, 0.15) is 5.78 Å². The van der Waals surface area contributed by atoms with Crippen LogP contribution in [0, 0.1) is 0 Å². The molecule has 1 aliphatic rings. The summed E-state index contributed by atoms with van der Waals surface area (Å²) in [5.74, 6) is 1.53.